The Morgan fingerprint density at radius 3 is 2.50 bits per heavy atom. The molecule has 4 amide bonds. The largest absolute Gasteiger partial charge is 0.497 e. The Morgan fingerprint density at radius 2 is 1.80 bits per heavy atom. The van der Waals surface area contributed by atoms with Gasteiger partial charge in [-0.1, -0.05) is 0 Å². The molecule has 4 aliphatic rings. The molecule has 2 aliphatic heterocycles. The van der Waals surface area contributed by atoms with Gasteiger partial charge in [0.25, 0.3) is 5.91 Å². The van der Waals surface area contributed by atoms with Crippen molar-refractivity contribution in [1.82, 2.24) is 30.2 Å². The van der Waals surface area contributed by atoms with Gasteiger partial charge < -0.3 is 39.8 Å². The number of sulfonamides is 1. The number of aromatic nitrogens is 2. The lowest BCUT2D eigenvalue weighted by molar-refractivity contribution is -0.141. The number of carbonyl (C=O) groups is 4. The van der Waals surface area contributed by atoms with Crippen LogP contribution in [-0.2, 0) is 33.9 Å². The fraction of sp³-hybridized carbons (Fsp3) is 0.610. The third-order valence-electron chi connectivity index (χ3n) is 11.0. The molecular weight excluding hydrogens is 815 g/mol. The number of rotatable bonds is 10. The van der Waals surface area contributed by atoms with Gasteiger partial charge in [-0.15, -0.1) is 11.3 Å². The van der Waals surface area contributed by atoms with Crippen molar-refractivity contribution in [3.8, 4) is 23.0 Å². The van der Waals surface area contributed by atoms with E-state index in [-0.39, 0.29) is 43.6 Å². The van der Waals surface area contributed by atoms with Crippen LogP contribution < -0.4 is 30.1 Å². The molecule has 1 aromatic carbocycles. The number of alkyl carbamates (subject to hydrolysis) is 1. The highest BCUT2D eigenvalue weighted by Gasteiger charge is 2.62. The Balaban J connectivity index is 1.22. The van der Waals surface area contributed by atoms with Crippen molar-refractivity contribution < 1.29 is 46.5 Å². The molecule has 2 aliphatic carbocycles. The van der Waals surface area contributed by atoms with E-state index < -0.39 is 68.4 Å². The van der Waals surface area contributed by atoms with E-state index in [4.69, 9.17) is 28.9 Å². The molecule has 3 aromatic rings. The number of carbonyl (C=O) groups excluding carboxylic acids is 4. The molecular formula is C41H55N7O10S2. The lowest BCUT2D eigenvalue weighted by Crippen LogP contribution is -2.58. The molecule has 4 N–H and O–H groups in total. The lowest BCUT2D eigenvalue weighted by atomic mass is 10.1. The predicted molar refractivity (Wildman–Crippen MR) is 224 cm³/mol. The van der Waals surface area contributed by atoms with Gasteiger partial charge in [-0.25, -0.2) is 23.2 Å². The number of nitrogens with zero attached hydrogens (tertiary/aromatic N) is 3. The van der Waals surface area contributed by atoms with Crippen molar-refractivity contribution in [2.75, 3.05) is 32.2 Å². The summed E-state index contributed by atoms with van der Waals surface area (Å²) in [7, 11) is -2.34. The normalized spacial score (nSPS) is 25.3. The zero-order valence-corrected chi connectivity index (χ0v) is 36.5. The molecule has 60 heavy (non-hydrogen) atoms. The molecule has 2 saturated carbocycles. The monoisotopic (exact) mass is 869 g/mol. The van der Waals surface area contributed by atoms with E-state index in [2.05, 4.69) is 20.7 Å². The van der Waals surface area contributed by atoms with Gasteiger partial charge in [0.1, 0.15) is 40.8 Å². The van der Waals surface area contributed by atoms with Gasteiger partial charge in [0, 0.05) is 36.4 Å². The molecule has 2 saturated heterocycles. The van der Waals surface area contributed by atoms with Gasteiger partial charge >= 0.3 is 6.09 Å². The van der Waals surface area contributed by atoms with E-state index in [1.165, 1.54) is 16.2 Å². The Hall–Kier alpha value is -4.75. The van der Waals surface area contributed by atoms with Gasteiger partial charge in [-0.3, -0.25) is 19.1 Å². The average Bonchev–Trinajstić information content (AvgIpc) is 4.06. The summed E-state index contributed by atoms with van der Waals surface area (Å²) in [6.45, 7) is 9.79. The standard InChI is InChI=1S/C41H55N7O10S2/c1-23(2)42-38-44-32(22-59-38)31-18-24-17-26(55-6)11-14-29(24)35(43-31)57-27-19-33-34(49)46-41(37(51)47-60(53,54)28-12-13-28)20-25(41)9-7-15-56-16-8-10-30(36(50)48(33)21-27)45-39(52)58-40(3,4)5/h11,14,17-18,22-23,25,27-28,30,33H,7-10,12-13,15-16,19-21H2,1-6H3,(H,42,44)(H,45,52)(H,46,49)(H,47,51)/t25-,27-,30+,33+,41-/m1/s1. The summed E-state index contributed by atoms with van der Waals surface area (Å²) in [4.78, 5) is 67.2. The molecule has 0 radical (unpaired) electrons. The number of ether oxygens (including phenoxy) is 4. The van der Waals surface area contributed by atoms with Gasteiger partial charge in [0.15, 0.2) is 5.13 Å². The van der Waals surface area contributed by atoms with Gasteiger partial charge in [0.05, 0.1) is 24.6 Å². The maximum Gasteiger partial charge on any atom is 0.408 e. The maximum absolute atomic E-state index is 14.7. The Morgan fingerprint density at radius 1 is 1.05 bits per heavy atom. The molecule has 0 spiro atoms. The average molecular weight is 870 g/mol. The lowest BCUT2D eigenvalue weighted by Gasteiger charge is -2.30. The highest BCUT2D eigenvalue weighted by Crippen LogP contribution is 2.48. The van der Waals surface area contributed by atoms with E-state index in [0.717, 1.165) is 10.5 Å². The fourth-order valence-corrected chi connectivity index (χ4v) is 9.99. The van der Waals surface area contributed by atoms with Crippen molar-refractivity contribution >= 4 is 61.1 Å². The minimum Gasteiger partial charge on any atom is -0.497 e. The van der Waals surface area contributed by atoms with E-state index in [1.807, 2.05) is 37.4 Å². The molecule has 326 valence electrons. The first-order valence-corrected chi connectivity index (χ1v) is 23.0. The molecule has 19 heteroatoms. The summed E-state index contributed by atoms with van der Waals surface area (Å²) < 4.78 is 51.7. The number of fused-ring (bicyclic) bond motifs is 3. The van der Waals surface area contributed by atoms with Crippen molar-refractivity contribution in [3.05, 3.63) is 29.6 Å². The van der Waals surface area contributed by atoms with Gasteiger partial charge in [-0.2, -0.15) is 0 Å². The first-order chi connectivity index (χ1) is 28.4. The summed E-state index contributed by atoms with van der Waals surface area (Å²) in [5.41, 5.74) is -1.17. The smallest absolute Gasteiger partial charge is 0.408 e. The Kier molecular flexibility index (Phi) is 12.5. The van der Waals surface area contributed by atoms with Crippen molar-refractivity contribution in [2.45, 2.75) is 127 Å². The molecule has 0 unspecified atom stereocenters. The zero-order valence-electron chi connectivity index (χ0n) is 34.9. The fourth-order valence-electron chi connectivity index (χ4n) is 7.77. The number of nitrogens with one attached hydrogen (secondary N) is 4. The Labute approximate surface area is 354 Å². The highest BCUT2D eigenvalue weighted by molar-refractivity contribution is 7.91. The molecule has 0 bridgehead atoms. The summed E-state index contributed by atoms with van der Waals surface area (Å²) >= 11 is 1.45. The van der Waals surface area contributed by atoms with Crippen LogP contribution >= 0.6 is 11.3 Å². The van der Waals surface area contributed by atoms with Crippen LogP contribution in [0.1, 0.15) is 86.0 Å². The van der Waals surface area contributed by atoms with Crippen LogP contribution in [0, 0.1) is 5.92 Å². The van der Waals surface area contributed by atoms with Crippen LogP contribution in [0.25, 0.3) is 22.2 Å². The first kappa shape index (κ1) is 43.3. The number of anilines is 1. The number of amides is 4. The number of benzene rings is 1. The second-order valence-electron chi connectivity index (χ2n) is 17.4. The maximum atomic E-state index is 14.7. The van der Waals surface area contributed by atoms with Crippen LogP contribution in [0.15, 0.2) is 29.6 Å². The quantitative estimate of drug-likeness (QED) is 0.221. The van der Waals surface area contributed by atoms with Crippen LogP contribution in [0.2, 0.25) is 0 Å². The summed E-state index contributed by atoms with van der Waals surface area (Å²) in [5, 5.41) is 12.4. The van der Waals surface area contributed by atoms with Crippen molar-refractivity contribution in [1.29, 1.82) is 0 Å². The van der Waals surface area contributed by atoms with Crippen molar-refractivity contribution in [2.24, 2.45) is 5.92 Å². The minimum absolute atomic E-state index is 0.00525. The summed E-state index contributed by atoms with van der Waals surface area (Å²) in [5.74, 6) is -1.45. The van der Waals surface area contributed by atoms with Crippen molar-refractivity contribution in [3.63, 3.8) is 0 Å². The van der Waals surface area contributed by atoms with E-state index >= 15 is 0 Å². The summed E-state index contributed by atoms with van der Waals surface area (Å²) in [6.07, 6.45) is 1.28. The molecule has 4 fully saturated rings. The van der Waals surface area contributed by atoms with Crippen LogP contribution in [-0.4, -0.2) is 115 Å². The second kappa shape index (κ2) is 17.3. The van der Waals surface area contributed by atoms with E-state index in [1.54, 1.807) is 33.9 Å². The Bertz CT molecular complexity index is 2220. The minimum atomic E-state index is -3.92. The molecule has 5 atom stereocenters. The molecule has 17 nitrogen and oxygen atoms in total. The molecule has 4 heterocycles. The van der Waals surface area contributed by atoms with E-state index in [0.29, 0.717) is 67.8 Å². The summed E-state index contributed by atoms with van der Waals surface area (Å²) in [6, 6.07) is 5.29. The van der Waals surface area contributed by atoms with Gasteiger partial charge in [-0.05, 0) is 115 Å². The third kappa shape index (κ3) is 10.1. The number of methoxy groups -OCH3 is 1. The molecule has 2 aromatic heterocycles. The van der Waals surface area contributed by atoms with Crippen LogP contribution in [0.4, 0.5) is 9.93 Å². The van der Waals surface area contributed by atoms with Crippen LogP contribution in [0.5, 0.6) is 11.6 Å². The van der Waals surface area contributed by atoms with Gasteiger partial charge in [0.2, 0.25) is 27.7 Å². The second-order valence-corrected chi connectivity index (χ2v) is 20.2. The third-order valence-corrected chi connectivity index (χ3v) is 13.6. The predicted octanol–water partition coefficient (Wildman–Crippen LogP) is 4.50. The van der Waals surface area contributed by atoms with E-state index in [9.17, 15) is 27.6 Å². The SMILES string of the molecule is COc1ccc2c(O[C@@H]3C[C@H]4C(=O)N[C@]5(C(=O)NS(=O)(=O)C6CC6)C[C@H]5CCCOCCC[C@H](NC(=O)OC(C)(C)C)C(=O)N4C3)nc(-c3csc(NC(C)C)n3)cc2c1. The highest BCUT2D eigenvalue weighted by atomic mass is 32.2. The number of hydrogen-bond donors (Lipinski definition) is 4. The number of thiazole rings is 1. The number of hydrogen-bond acceptors (Lipinski definition) is 14. The topological polar surface area (TPSA) is 216 Å². The zero-order chi connectivity index (χ0) is 43.0. The van der Waals surface area contributed by atoms with Crippen LogP contribution in [0.3, 0.4) is 0 Å². The number of pyridine rings is 1. The molecule has 7 rings (SSSR count). The first-order valence-electron chi connectivity index (χ1n) is 20.6.